The Morgan fingerprint density at radius 1 is 0.730 bits per heavy atom. The van der Waals surface area contributed by atoms with E-state index >= 15 is 0 Å². The largest absolute Gasteiger partial charge is 0.256 e. The van der Waals surface area contributed by atoms with Gasteiger partial charge in [-0.05, 0) is 106 Å². The van der Waals surface area contributed by atoms with Crippen LogP contribution >= 0.6 is 10.0 Å². The van der Waals surface area contributed by atoms with Crippen molar-refractivity contribution in [3.63, 3.8) is 0 Å². The molecule has 0 bridgehead atoms. The molecule has 0 unspecified atom stereocenters. The van der Waals surface area contributed by atoms with Crippen LogP contribution in [0.15, 0.2) is 53.6 Å². The second-order valence-corrected chi connectivity index (χ2v) is 17.3. The number of benzene rings is 2. The molecule has 0 saturated heterocycles. The summed E-state index contributed by atoms with van der Waals surface area (Å²) in [5.74, 6) is 3.93. The average Bonchev–Trinajstić information content (AvgIpc) is 2.93. The fraction of sp³-hybridized carbons (Fsp3) is 0.571. The van der Waals surface area contributed by atoms with Crippen LogP contribution < -0.4 is 0 Å². The molecule has 2 aliphatic carbocycles. The van der Waals surface area contributed by atoms with Gasteiger partial charge in [0.05, 0.1) is 5.69 Å². The van der Waals surface area contributed by atoms with E-state index in [1.807, 2.05) is 0 Å². The molecular formula is C35H49NS. The summed E-state index contributed by atoms with van der Waals surface area (Å²) in [6.07, 6.45) is 15.8. The highest BCUT2D eigenvalue weighted by Crippen LogP contribution is 2.64. The third kappa shape index (κ3) is 5.25. The van der Waals surface area contributed by atoms with Crippen LogP contribution in [0.1, 0.15) is 122 Å². The van der Waals surface area contributed by atoms with Crippen molar-refractivity contribution in [3.05, 3.63) is 59.8 Å². The lowest BCUT2D eigenvalue weighted by atomic mass is 9.79. The Balaban J connectivity index is 1.62. The maximum Gasteiger partial charge on any atom is 0.0780 e. The van der Waals surface area contributed by atoms with E-state index in [-0.39, 0.29) is 0 Å². The number of hydrogen-bond acceptors (Lipinski definition) is 1. The van der Waals surface area contributed by atoms with Crippen LogP contribution in [-0.4, -0.2) is 21.2 Å². The van der Waals surface area contributed by atoms with E-state index in [0.29, 0.717) is 4.75 Å². The number of rotatable bonds is 6. The Labute approximate surface area is 228 Å². The van der Waals surface area contributed by atoms with E-state index in [0.717, 1.165) is 11.8 Å². The Kier molecular flexibility index (Phi) is 8.06. The number of pyridine rings is 1. The van der Waals surface area contributed by atoms with Crippen LogP contribution in [0.4, 0.5) is 0 Å². The molecule has 0 amide bonds. The second kappa shape index (κ2) is 11.1. The molecule has 5 rings (SSSR count). The highest BCUT2D eigenvalue weighted by Gasteiger charge is 2.35. The van der Waals surface area contributed by atoms with E-state index in [1.54, 1.807) is 16.0 Å². The molecule has 0 aliphatic heterocycles. The maximum absolute atomic E-state index is 5.04. The zero-order valence-corrected chi connectivity index (χ0v) is 24.9. The molecule has 0 atom stereocenters. The van der Waals surface area contributed by atoms with Gasteiger partial charge in [0.15, 0.2) is 0 Å². The normalized spacial score (nSPS) is 18.8. The quantitative estimate of drug-likeness (QED) is 0.318. The van der Waals surface area contributed by atoms with Crippen molar-refractivity contribution in [1.82, 2.24) is 4.98 Å². The third-order valence-corrected chi connectivity index (χ3v) is 15.2. The van der Waals surface area contributed by atoms with Crippen molar-refractivity contribution >= 4 is 20.8 Å². The third-order valence-electron chi connectivity index (χ3n) is 9.75. The van der Waals surface area contributed by atoms with Crippen molar-refractivity contribution in [3.8, 4) is 11.3 Å². The Hall–Kier alpha value is -1.80. The first-order chi connectivity index (χ1) is 17.9. The first-order valence-electron chi connectivity index (χ1n) is 15.2. The molecule has 1 heterocycles. The topological polar surface area (TPSA) is 12.9 Å². The number of fused-ring (bicyclic) bond motifs is 1. The van der Waals surface area contributed by atoms with Gasteiger partial charge in [0, 0.05) is 17.1 Å². The Morgan fingerprint density at radius 3 is 1.81 bits per heavy atom. The van der Waals surface area contributed by atoms with Crippen molar-refractivity contribution < 1.29 is 0 Å². The fourth-order valence-corrected chi connectivity index (χ4v) is 11.7. The molecule has 2 aromatic carbocycles. The molecular weight excluding hydrogens is 466 g/mol. The van der Waals surface area contributed by atoms with Gasteiger partial charge in [0.2, 0.25) is 0 Å². The lowest BCUT2D eigenvalue weighted by Gasteiger charge is -2.50. The maximum atomic E-state index is 5.04. The highest BCUT2D eigenvalue weighted by atomic mass is 32.3. The number of aromatic nitrogens is 1. The molecule has 2 saturated carbocycles. The highest BCUT2D eigenvalue weighted by molar-refractivity contribution is 8.34. The smallest absolute Gasteiger partial charge is 0.0780 e. The predicted octanol–water partition coefficient (Wildman–Crippen LogP) is 11.0. The molecule has 0 N–H and O–H groups in total. The molecule has 1 aromatic heterocycles. The summed E-state index contributed by atoms with van der Waals surface area (Å²) < 4.78 is 0.295. The van der Waals surface area contributed by atoms with E-state index in [1.165, 1.54) is 97.7 Å². The SMILES string of the molecule is CCS(CC)(c1ccc2c(-c3cc(C4CCCCC4)cc(C4CCCCC4)c3)nccc2c1)C(C)(C)C. The second-order valence-electron chi connectivity index (χ2n) is 12.7. The minimum atomic E-state index is -0.899. The Morgan fingerprint density at radius 2 is 1.30 bits per heavy atom. The molecule has 0 radical (unpaired) electrons. The van der Waals surface area contributed by atoms with E-state index in [4.69, 9.17) is 4.98 Å². The van der Waals surface area contributed by atoms with Crippen molar-refractivity contribution in [2.24, 2.45) is 0 Å². The zero-order chi connectivity index (χ0) is 26.0. The van der Waals surface area contributed by atoms with Gasteiger partial charge < -0.3 is 0 Å². The summed E-state index contributed by atoms with van der Waals surface area (Å²) >= 11 is 0. The summed E-state index contributed by atoms with van der Waals surface area (Å²) in [5, 5.41) is 2.67. The molecule has 37 heavy (non-hydrogen) atoms. The van der Waals surface area contributed by atoms with Gasteiger partial charge in [-0.2, -0.15) is 0 Å². The van der Waals surface area contributed by atoms with Crippen LogP contribution in [0, 0.1) is 0 Å². The summed E-state index contributed by atoms with van der Waals surface area (Å²) in [6, 6.07) is 17.2. The van der Waals surface area contributed by atoms with E-state index < -0.39 is 10.0 Å². The summed E-state index contributed by atoms with van der Waals surface area (Å²) in [5.41, 5.74) is 5.70. The van der Waals surface area contributed by atoms with Crippen LogP contribution in [0.5, 0.6) is 0 Å². The van der Waals surface area contributed by atoms with Gasteiger partial charge in [-0.25, -0.2) is 10.0 Å². The minimum absolute atomic E-state index is 0.295. The molecule has 200 valence electrons. The lowest BCUT2D eigenvalue weighted by Crippen LogP contribution is -2.28. The molecule has 1 nitrogen and oxygen atoms in total. The Bertz CT molecular complexity index is 1170. The first kappa shape index (κ1) is 26.8. The number of nitrogens with zero attached hydrogens (tertiary/aromatic N) is 1. The fourth-order valence-electron chi connectivity index (χ4n) is 7.54. The standard InChI is InChI=1S/C35H49NS/c1-6-37(7-2,35(3,4)5)32-18-19-33-28(25-32)20-21-36-34(33)31-23-29(26-14-10-8-11-15-26)22-30(24-31)27-16-12-9-13-17-27/h18-27H,6-17H2,1-5H3. The zero-order valence-electron chi connectivity index (χ0n) is 24.1. The van der Waals surface area contributed by atoms with Crippen molar-refractivity contribution in [2.45, 2.75) is 120 Å². The van der Waals surface area contributed by atoms with Crippen LogP contribution in [-0.2, 0) is 0 Å². The summed E-state index contributed by atoms with van der Waals surface area (Å²) in [6.45, 7) is 12.1. The van der Waals surface area contributed by atoms with Crippen LogP contribution in [0.3, 0.4) is 0 Å². The van der Waals surface area contributed by atoms with Gasteiger partial charge in [0.1, 0.15) is 0 Å². The van der Waals surface area contributed by atoms with E-state index in [2.05, 4.69) is 83.3 Å². The first-order valence-corrected chi connectivity index (χ1v) is 17.2. The van der Waals surface area contributed by atoms with Gasteiger partial charge in [-0.3, -0.25) is 4.98 Å². The van der Waals surface area contributed by atoms with Gasteiger partial charge >= 0.3 is 0 Å². The summed E-state index contributed by atoms with van der Waals surface area (Å²) in [4.78, 5) is 6.60. The molecule has 2 aliphatic rings. The molecule has 2 fully saturated rings. The monoisotopic (exact) mass is 515 g/mol. The van der Waals surface area contributed by atoms with Crippen LogP contribution in [0.25, 0.3) is 22.0 Å². The van der Waals surface area contributed by atoms with Gasteiger partial charge in [-0.15, -0.1) is 0 Å². The van der Waals surface area contributed by atoms with Crippen LogP contribution in [0.2, 0.25) is 0 Å². The van der Waals surface area contributed by atoms with E-state index in [9.17, 15) is 0 Å². The molecule has 2 heteroatoms. The average molecular weight is 516 g/mol. The van der Waals surface area contributed by atoms with Crippen molar-refractivity contribution in [1.29, 1.82) is 0 Å². The lowest BCUT2D eigenvalue weighted by molar-refractivity contribution is 0.435. The molecule has 3 aromatic rings. The van der Waals surface area contributed by atoms with Crippen molar-refractivity contribution in [2.75, 3.05) is 11.5 Å². The minimum Gasteiger partial charge on any atom is -0.256 e. The predicted molar refractivity (Wildman–Crippen MR) is 166 cm³/mol. The molecule has 0 spiro atoms. The number of hydrogen-bond donors (Lipinski definition) is 0. The summed E-state index contributed by atoms with van der Waals surface area (Å²) in [7, 11) is -0.899. The van der Waals surface area contributed by atoms with Gasteiger partial charge in [-0.1, -0.05) is 85.3 Å². The van der Waals surface area contributed by atoms with Gasteiger partial charge in [0.25, 0.3) is 0 Å².